The summed E-state index contributed by atoms with van der Waals surface area (Å²) in [4.78, 5) is 13.7. The fourth-order valence-corrected chi connectivity index (χ4v) is 3.91. The quantitative estimate of drug-likeness (QED) is 0.531. The SMILES string of the molecule is CCCCCCc1ccccc1C=CN(C1CCCCC1)[C@@H](C)C(=O)O. The molecule has 0 amide bonds. The van der Waals surface area contributed by atoms with Gasteiger partial charge in [-0.2, -0.15) is 0 Å². The minimum Gasteiger partial charge on any atom is -0.480 e. The molecule has 1 N–H and O–H groups in total. The van der Waals surface area contributed by atoms with Crippen molar-refractivity contribution in [2.75, 3.05) is 0 Å². The van der Waals surface area contributed by atoms with E-state index >= 15 is 0 Å². The van der Waals surface area contributed by atoms with Gasteiger partial charge in [-0.1, -0.05) is 69.7 Å². The molecule has 144 valence electrons. The van der Waals surface area contributed by atoms with Crippen LogP contribution in [0.2, 0.25) is 0 Å². The average Bonchev–Trinajstić information content (AvgIpc) is 2.67. The third-order valence-corrected chi connectivity index (χ3v) is 5.58. The van der Waals surface area contributed by atoms with Crippen LogP contribution in [0.3, 0.4) is 0 Å². The number of hydrogen-bond donors (Lipinski definition) is 1. The topological polar surface area (TPSA) is 40.5 Å². The van der Waals surface area contributed by atoms with Crippen LogP contribution in [0, 0.1) is 0 Å². The Bertz CT molecular complexity index is 575. The number of nitrogens with zero attached hydrogens (tertiary/aromatic N) is 1. The van der Waals surface area contributed by atoms with Crippen LogP contribution >= 0.6 is 0 Å². The van der Waals surface area contributed by atoms with Gasteiger partial charge in [-0.05, 0) is 49.8 Å². The van der Waals surface area contributed by atoms with E-state index in [1.54, 1.807) is 6.92 Å². The Kier molecular flexibility index (Phi) is 8.73. The summed E-state index contributed by atoms with van der Waals surface area (Å²) in [6.45, 7) is 4.04. The number of hydrogen-bond acceptors (Lipinski definition) is 2. The molecule has 0 radical (unpaired) electrons. The van der Waals surface area contributed by atoms with Gasteiger partial charge in [0.1, 0.15) is 6.04 Å². The summed E-state index contributed by atoms with van der Waals surface area (Å²) in [7, 11) is 0. The number of unbranched alkanes of at least 4 members (excludes halogenated alkanes) is 3. The molecule has 1 aromatic carbocycles. The smallest absolute Gasteiger partial charge is 0.326 e. The van der Waals surface area contributed by atoms with Gasteiger partial charge < -0.3 is 10.0 Å². The number of carboxylic acids is 1. The van der Waals surface area contributed by atoms with E-state index < -0.39 is 12.0 Å². The van der Waals surface area contributed by atoms with Crippen LogP contribution in [0.4, 0.5) is 0 Å². The van der Waals surface area contributed by atoms with Crippen molar-refractivity contribution in [1.82, 2.24) is 4.90 Å². The van der Waals surface area contributed by atoms with Crippen molar-refractivity contribution in [3.63, 3.8) is 0 Å². The van der Waals surface area contributed by atoms with Crippen LogP contribution in [-0.2, 0) is 11.2 Å². The van der Waals surface area contributed by atoms with E-state index in [1.807, 2.05) is 6.20 Å². The molecular weight excluding hydrogens is 322 g/mol. The van der Waals surface area contributed by atoms with Gasteiger partial charge in [-0.15, -0.1) is 0 Å². The first-order valence-electron chi connectivity index (χ1n) is 10.4. The molecule has 1 atom stereocenters. The fourth-order valence-electron chi connectivity index (χ4n) is 3.91. The van der Waals surface area contributed by atoms with Gasteiger partial charge >= 0.3 is 5.97 Å². The van der Waals surface area contributed by atoms with E-state index in [-0.39, 0.29) is 0 Å². The van der Waals surface area contributed by atoms with E-state index in [0.29, 0.717) is 6.04 Å². The van der Waals surface area contributed by atoms with E-state index in [1.165, 1.54) is 56.1 Å². The van der Waals surface area contributed by atoms with Crippen molar-refractivity contribution >= 4 is 12.0 Å². The van der Waals surface area contributed by atoms with Crippen LogP contribution in [0.25, 0.3) is 6.08 Å². The number of aryl methyl sites for hydroxylation is 1. The van der Waals surface area contributed by atoms with Crippen molar-refractivity contribution < 1.29 is 9.90 Å². The maximum absolute atomic E-state index is 11.6. The normalized spacial score (nSPS) is 16.7. The zero-order valence-corrected chi connectivity index (χ0v) is 16.5. The second-order valence-electron chi connectivity index (χ2n) is 7.58. The number of carbonyl (C=O) groups is 1. The van der Waals surface area contributed by atoms with E-state index in [4.69, 9.17) is 0 Å². The highest BCUT2D eigenvalue weighted by molar-refractivity contribution is 5.73. The monoisotopic (exact) mass is 357 g/mol. The zero-order chi connectivity index (χ0) is 18.8. The van der Waals surface area contributed by atoms with Crippen LogP contribution in [0.15, 0.2) is 30.5 Å². The Morgan fingerprint density at radius 1 is 1.19 bits per heavy atom. The Morgan fingerprint density at radius 2 is 1.92 bits per heavy atom. The molecule has 1 saturated carbocycles. The van der Waals surface area contributed by atoms with Gasteiger partial charge in [-0.25, -0.2) is 4.79 Å². The Morgan fingerprint density at radius 3 is 2.62 bits per heavy atom. The second-order valence-corrected chi connectivity index (χ2v) is 7.58. The zero-order valence-electron chi connectivity index (χ0n) is 16.5. The molecular formula is C23H35NO2. The summed E-state index contributed by atoms with van der Waals surface area (Å²) < 4.78 is 0. The highest BCUT2D eigenvalue weighted by Gasteiger charge is 2.26. The summed E-state index contributed by atoms with van der Waals surface area (Å²) >= 11 is 0. The van der Waals surface area contributed by atoms with Gasteiger partial charge in [0.25, 0.3) is 0 Å². The summed E-state index contributed by atoms with van der Waals surface area (Å²) in [5.41, 5.74) is 2.59. The van der Waals surface area contributed by atoms with E-state index in [0.717, 1.165) is 19.3 Å². The molecule has 1 fully saturated rings. The predicted octanol–water partition coefficient (Wildman–Crippen LogP) is 5.89. The largest absolute Gasteiger partial charge is 0.480 e. The van der Waals surface area contributed by atoms with Gasteiger partial charge in [-0.3, -0.25) is 0 Å². The lowest BCUT2D eigenvalue weighted by atomic mass is 9.93. The minimum absolute atomic E-state index is 0.350. The molecule has 2 rings (SSSR count). The highest BCUT2D eigenvalue weighted by Crippen LogP contribution is 2.25. The first-order valence-corrected chi connectivity index (χ1v) is 10.4. The number of carboxylic acid groups (broad SMARTS) is 1. The molecule has 1 aromatic rings. The molecule has 0 heterocycles. The summed E-state index contributed by atoms with van der Waals surface area (Å²) in [5, 5.41) is 9.53. The van der Waals surface area contributed by atoms with Crippen LogP contribution in [-0.4, -0.2) is 28.1 Å². The number of benzene rings is 1. The highest BCUT2D eigenvalue weighted by atomic mass is 16.4. The first kappa shape index (κ1) is 20.5. The molecule has 26 heavy (non-hydrogen) atoms. The van der Waals surface area contributed by atoms with Crippen LogP contribution < -0.4 is 0 Å². The lowest BCUT2D eigenvalue weighted by Gasteiger charge is -2.36. The average molecular weight is 358 g/mol. The molecule has 1 aliphatic carbocycles. The molecule has 0 bridgehead atoms. The molecule has 0 saturated heterocycles. The van der Waals surface area contributed by atoms with Gasteiger partial charge in [0.15, 0.2) is 0 Å². The van der Waals surface area contributed by atoms with Crippen LogP contribution in [0.5, 0.6) is 0 Å². The molecule has 3 nitrogen and oxygen atoms in total. The molecule has 1 aliphatic rings. The molecule has 0 aromatic heterocycles. The van der Waals surface area contributed by atoms with Crippen LogP contribution in [0.1, 0.15) is 82.8 Å². The summed E-state index contributed by atoms with van der Waals surface area (Å²) in [5.74, 6) is -0.743. The maximum Gasteiger partial charge on any atom is 0.326 e. The standard InChI is InChI=1S/C23H35NO2/c1-3-4-5-7-12-20-13-10-11-14-21(20)17-18-24(19(2)23(25)26)22-15-8-6-9-16-22/h10-11,13-14,17-19,22H,3-9,12,15-16H2,1-2H3,(H,25,26)/t19-/m0/s1. The Balaban J connectivity index is 2.11. The Labute approximate surface area is 159 Å². The third kappa shape index (κ3) is 6.19. The number of rotatable bonds is 10. The Hall–Kier alpha value is -1.77. The molecule has 0 spiro atoms. The number of aliphatic carboxylic acids is 1. The summed E-state index contributed by atoms with van der Waals surface area (Å²) in [6, 6.07) is 8.40. The molecule has 3 heteroatoms. The van der Waals surface area contributed by atoms with Crippen molar-refractivity contribution in [2.24, 2.45) is 0 Å². The molecule has 0 aliphatic heterocycles. The molecule has 0 unspecified atom stereocenters. The first-order chi connectivity index (χ1) is 12.6. The minimum atomic E-state index is -0.743. The van der Waals surface area contributed by atoms with Crippen molar-refractivity contribution in [1.29, 1.82) is 0 Å². The predicted molar refractivity (Wildman–Crippen MR) is 109 cm³/mol. The van der Waals surface area contributed by atoms with E-state index in [2.05, 4.69) is 42.2 Å². The lowest BCUT2D eigenvalue weighted by Crippen LogP contribution is -2.43. The van der Waals surface area contributed by atoms with E-state index in [9.17, 15) is 9.90 Å². The third-order valence-electron chi connectivity index (χ3n) is 5.58. The van der Waals surface area contributed by atoms with Gasteiger partial charge in [0.05, 0.1) is 0 Å². The van der Waals surface area contributed by atoms with Crippen molar-refractivity contribution in [3.05, 3.63) is 41.6 Å². The van der Waals surface area contributed by atoms with Gasteiger partial charge in [0.2, 0.25) is 0 Å². The van der Waals surface area contributed by atoms with Crippen molar-refractivity contribution in [2.45, 2.75) is 90.1 Å². The van der Waals surface area contributed by atoms with Gasteiger partial charge in [0, 0.05) is 12.2 Å². The maximum atomic E-state index is 11.6. The second kappa shape index (κ2) is 11.1. The van der Waals surface area contributed by atoms with Crippen molar-refractivity contribution in [3.8, 4) is 0 Å². The lowest BCUT2D eigenvalue weighted by molar-refractivity contribution is -0.142. The summed E-state index contributed by atoms with van der Waals surface area (Å²) in [6.07, 6.45) is 16.2. The fraction of sp³-hybridized carbons (Fsp3) is 0.609.